The summed E-state index contributed by atoms with van der Waals surface area (Å²) < 4.78 is 5.00. The molecule has 92 valence electrons. The zero-order valence-electron chi connectivity index (χ0n) is 9.54. The van der Waals surface area contributed by atoms with Crippen LogP contribution in [0.2, 0.25) is 0 Å². The lowest BCUT2D eigenvalue weighted by molar-refractivity contribution is 0.0572. The molecule has 1 aromatic carbocycles. The molecule has 17 heavy (non-hydrogen) atoms. The number of aliphatic hydroxyl groups is 2. The molecule has 0 radical (unpaired) electrons. The van der Waals surface area contributed by atoms with Gasteiger partial charge in [-0.1, -0.05) is 0 Å². The van der Waals surface area contributed by atoms with E-state index in [1.165, 1.54) is 4.90 Å². The van der Waals surface area contributed by atoms with Crippen LogP contribution in [0.1, 0.15) is 10.4 Å². The Morgan fingerprint density at radius 3 is 2.24 bits per heavy atom. The molecule has 5 heteroatoms. The molecule has 0 aromatic heterocycles. The second-order valence-corrected chi connectivity index (χ2v) is 4.07. The third-order valence-corrected chi connectivity index (χ3v) is 2.88. The minimum atomic E-state index is -0.850. The van der Waals surface area contributed by atoms with Crippen molar-refractivity contribution < 1.29 is 19.7 Å². The van der Waals surface area contributed by atoms with Crippen LogP contribution in [-0.4, -0.2) is 53.4 Å². The van der Waals surface area contributed by atoms with Gasteiger partial charge < -0.3 is 19.8 Å². The van der Waals surface area contributed by atoms with Gasteiger partial charge in [-0.3, -0.25) is 4.79 Å². The van der Waals surface area contributed by atoms with E-state index < -0.39 is 12.2 Å². The Labute approximate surface area is 99.2 Å². The Morgan fingerprint density at radius 2 is 1.76 bits per heavy atom. The van der Waals surface area contributed by atoms with Gasteiger partial charge in [0.05, 0.1) is 19.3 Å². The van der Waals surface area contributed by atoms with Gasteiger partial charge in [0.2, 0.25) is 0 Å². The Hall–Kier alpha value is -1.59. The smallest absolute Gasteiger partial charge is 0.254 e. The summed E-state index contributed by atoms with van der Waals surface area (Å²) in [4.78, 5) is 13.4. The maximum atomic E-state index is 12.0. The van der Waals surface area contributed by atoms with E-state index in [4.69, 9.17) is 4.74 Å². The summed E-state index contributed by atoms with van der Waals surface area (Å²) in [6.45, 7) is 0.345. The molecule has 1 aliphatic heterocycles. The van der Waals surface area contributed by atoms with Crippen molar-refractivity contribution in [2.75, 3.05) is 20.2 Å². The third-order valence-electron chi connectivity index (χ3n) is 2.88. The highest BCUT2D eigenvalue weighted by Crippen LogP contribution is 2.16. The maximum absolute atomic E-state index is 12.0. The first-order valence-corrected chi connectivity index (χ1v) is 5.41. The number of nitrogens with zero attached hydrogens (tertiary/aromatic N) is 1. The van der Waals surface area contributed by atoms with Crippen molar-refractivity contribution in [1.29, 1.82) is 0 Å². The zero-order valence-corrected chi connectivity index (χ0v) is 9.54. The lowest BCUT2D eigenvalue weighted by Crippen LogP contribution is -2.29. The zero-order chi connectivity index (χ0) is 12.4. The number of hydrogen-bond acceptors (Lipinski definition) is 4. The van der Waals surface area contributed by atoms with Crippen molar-refractivity contribution in [2.24, 2.45) is 0 Å². The molecule has 2 atom stereocenters. The summed E-state index contributed by atoms with van der Waals surface area (Å²) >= 11 is 0. The molecule has 2 rings (SSSR count). The van der Waals surface area contributed by atoms with Crippen molar-refractivity contribution in [3.8, 4) is 5.75 Å². The predicted molar refractivity (Wildman–Crippen MR) is 60.9 cm³/mol. The Morgan fingerprint density at radius 1 is 1.24 bits per heavy atom. The van der Waals surface area contributed by atoms with Gasteiger partial charge in [0.1, 0.15) is 5.75 Å². The van der Waals surface area contributed by atoms with Crippen LogP contribution >= 0.6 is 0 Å². The molecule has 1 saturated heterocycles. The molecule has 0 bridgehead atoms. The molecule has 1 aromatic rings. The lowest BCUT2D eigenvalue weighted by atomic mass is 10.2. The first-order valence-electron chi connectivity index (χ1n) is 5.41. The van der Waals surface area contributed by atoms with E-state index in [-0.39, 0.29) is 19.0 Å². The minimum absolute atomic E-state index is 0.173. The number of β-amino-alcohol motifs (C(OH)–C–C–N with tert-alkyl or cyclic N) is 2. The van der Waals surface area contributed by atoms with Gasteiger partial charge in [-0.15, -0.1) is 0 Å². The minimum Gasteiger partial charge on any atom is -0.497 e. The summed E-state index contributed by atoms with van der Waals surface area (Å²) in [5, 5.41) is 18.8. The van der Waals surface area contributed by atoms with Crippen LogP contribution in [0.4, 0.5) is 0 Å². The van der Waals surface area contributed by atoms with Crippen LogP contribution in [0.25, 0.3) is 0 Å². The van der Waals surface area contributed by atoms with Gasteiger partial charge in [0.25, 0.3) is 5.91 Å². The first kappa shape index (κ1) is 11.9. The molecule has 0 unspecified atom stereocenters. The first-order chi connectivity index (χ1) is 8.11. The fourth-order valence-corrected chi connectivity index (χ4v) is 1.85. The maximum Gasteiger partial charge on any atom is 0.254 e. The van der Waals surface area contributed by atoms with Gasteiger partial charge in [0, 0.05) is 18.7 Å². The molecular weight excluding hydrogens is 222 g/mol. The third kappa shape index (κ3) is 2.40. The average Bonchev–Trinajstić information content (AvgIpc) is 2.69. The number of likely N-dealkylation sites (tertiary alicyclic amines) is 1. The number of aliphatic hydroxyl groups excluding tert-OH is 2. The van der Waals surface area contributed by atoms with Crippen LogP contribution in [-0.2, 0) is 0 Å². The van der Waals surface area contributed by atoms with Crippen LogP contribution in [0.3, 0.4) is 0 Å². The van der Waals surface area contributed by atoms with E-state index in [2.05, 4.69) is 0 Å². The summed E-state index contributed by atoms with van der Waals surface area (Å²) in [6, 6.07) is 6.74. The van der Waals surface area contributed by atoms with Crippen LogP contribution in [0, 0.1) is 0 Å². The standard InChI is InChI=1S/C12H15NO4/c1-17-9-4-2-8(3-5-9)12(16)13-6-10(14)11(15)7-13/h2-5,10-11,14-15H,6-7H2,1H3/t10-,11+. The Kier molecular flexibility index (Phi) is 3.31. The average molecular weight is 237 g/mol. The van der Waals surface area contributed by atoms with Gasteiger partial charge in [0.15, 0.2) is 0 Å². The molecule has 2 N–H and O–H groups in total. The molecule has 0 aliphatic carbocycles. The normalized spacial score (nSPS) is 23.8. The number of ether oxygens (including phenoxy) is 1. The SMILES string of the molecule is COc1ccc(C(=O)N2C[C@@H](O)[C@@H](O)C2)cc1. The van der Waals surface area contributed by atoms with E-state index in [1.54, 1.807) is 31.4 Å². The molecule has 1 heterocycles. The molecule has 1 aliphatic rings. The summed E-state index contributed by atoms with van der Waals surface area (Å²) in [6.07, 6.45) is -1.70. The van der Waals surface area contributed by atoms with Crippen LogP contribution in [0.5, 0.6) is 5.75 Å². The summed E-state index contributed by atoms with van der Waals surface area (Å²) in [5.41, 5.74) is 0.520. The number of carbonyl (C=O) groups is 1. The Bertz CT molecular complexity index is 393. The van der Waals surface area contributed by atoms with E-state index in [0.29, 0.717) is 11.3 Å². The summed E-state index contributed by atoms with van der Waals surface area (Å²) in [7, 11) is 1.56. The number of benzene rings is 1. The van der Waals surface area contributed by atoms with Gasteiger partial charge >= 0.3 is 0 Å². The van der Waals surface area contributed by atoms with E-state index in [1.807, 2.05) is 0 Å². The second-order valence-electron chi connectivity index (χ2n) is 4.07. The highest BCUT2D eigenvalue weighted by atomic mass is 16.5. The van der Waals surface area contributed by atoms with Gasteiger partial charge in [-0.2, -0.15) is 0 Å². The Balaban J connectivity index is 2.09. The number of methoxy groups -OCH3 is 1. The second kappa shape index (κ2) is 4.73. The fraction of sp³-hybridized carbons (Fsp3) is 0.417. The predicted octanol–water partition coefficient (Wildman–Crippen LogP) is -0.127. The van der Waals surface area contributed by atoms with Gasteiger partial charge in [-0.05, 0) is 24.3 Å². The van der Waals surface area contributed by atoms with Crippen molar-refractivity contribution in [2.45, 2.75) is 12.2 Å². The van der Waals surface area contributed by atoms with E-state index >= 15 is 0 Å². The molecule has 1 fully saturated rings. The van der Waals surface area contributed by atoms with Crippen molar-refractivity contribution in [1.82, 2.24) is 4.90 Å². The van der Waals surface area contributed by atoms with Crippen LogP contribution < -0.4 is 4.74 Å². The monoisotopic (exact) mass is 237 g/mol. The highest BCUT2D eigenvalue weighted by molar-refractivity contribution is 5.94. The molecular formula is C12H15NO4. The number of carbonyl (C=O) groups excluding carboxylic acids is 1. The summed E-state index contributed by atoms with van der Waals surface area (Å²) in [5.74, 6) is 0.492. The largest absolute Gasteiger partial charge is 0.497 e. The molecule has 0 spiro atoms. The number of amides is 1. The number of rotatable bonds is 2. The lowest BCUT2D eigenvalue weighted by Gasteiger charge is -2.15. The molecule has 5 nitrogen and oxygen atoms in total. The van der Waals surface area contributed by atoms with Crippen LogP contribution in [0.15, 0.2) is 24.3 Å². The van der Waals surface area contributed by atoms with E-state index in [0.717, 1.165) is 0 Å². The van der Waals surface area contributed by atoms with Crippen molar-refractivity contribution >= 4 is 5.91 Å². The van der Waals surface area contributed by atoms with Gasteiger partial charge in [-0.25, -0.2) is 0 Å². The highest BCUT2D eigenvalue weighted by Gasteiger charge is 2.32. The molecule has 0 saturated carbocycles. The quantitative estimate of drug-likeness (QED) is 0.752. The fourth-order valence-electron chi connectivity index (χ4n) is 1.85. The van der Waals surface area contributed by atoms with Crippen molar-refractivity contribution in [3.63, 3.8) is 0 Å². The number of hydrogen-bond donors (Lipinski definition) is 2. The molecule has 1 amide bonds. The topological polar surface area (TPSA) is 70.0 Å². The van der Waals surface area contributed by atoms with Crippen molar-refractivity contribution in [3.05, 3.63) is 29.8 Å². The van der Waals surface area contributed by atoms with E-state index in [9.17, 15) is 15.0 Å².